The maximum atomic E-state index is 9.08. The first kappa shape index (κ1) is 13.3. The van der Waals surface area contributed by atoms with Crippen LogP contribution in [0.1, 0.15) is 25.3 Å². The minimum atomic E-state index is 0.284. The summed E-state index contributed by atoms with van der Waals surface area (Å²) < 4.78 is 0.831. The molecule has 18 heavy (non-hydrogen) atoms. The first-order valence-corrected chi connectivity index (χ1v) is 6.92. The van der Waals surface area contributed by atoms with Gasteiger partial charge in [-0.25, -0.2) is 4.98 Å². The van der Waals surface area contributed by atoms with Crippen LogP contribution < -0.4 is 10.6 Å². The van der Waals surface area contributed by atoms with Crippen LogP contribution in [0, 0.1) is 16.7 Å². The summed E-state index contributed by atoms with van der Waals surface area (Å²) in [5.74, 6) is 0.681. The molecule has 96 valence electrons. The lowest BCUT2D eigenvalue weighted by atomic mass is 9.81. The third kappa shape index (κ3) is 3.21. The molecular formula is C13H17BrN4. The average Bonchev–Trinajstić information content (AvgIpc) is 2.38. The van der Waals surface area contributed by atoms with Gasteiger partial charge in [0, 0.05) is 17.2 Å². The van der Waals surface area contributed by atoms with E-state index in [4.69, 9.17) is 5.26 Å². The van der Waals surface area contributed by atoms with E-state index < -0.39 is 0 Å². The molecule has 1 aliphatic rings. The molecule has 0 amide bonds. The van der Waals surface area contributed by atoms with Crippen LogP contribution in [0.15, 0.2) is 16.7 Å². The number of halogens is 1. The molecule has 0 radical (unpaired) electrons. The minimum absolute atomic E-state index is 0.284. The zero-order valence-corrected chi connectivity index (χ0v) is 12.0. The molecule has 0 bridgehead atoms. The number of rotatable bonds is 3. The molecule has 0 aromatic carbocycles. The number of nitrogens with zero attached hydrogens (tertiary/aromatic N) is 2. The minimum Gasteiger partial charge on any atom is -0.368 e. The standard InChI is InChI=1S/C13H17BrN4/c1-13(2-4-16-5-3-13)9-18-12-10(7-15)6-11(14)8-17-12/h6,8,16H,2-5,9H2,1H3,(H,17,18). The lowest BCUT2D eigenvalue weighted by Gasteiger charge is -2.34. The van der Waals surface area contributed by atoms with Crippen LogP contribution >= 0.6 is 15.9 Å². The Hall–Kier alpha value is -1.12. The van der Waals surface area contributed by atoms with E-state index in [1.54, 1.807) is 12.3 Å². The second kappa shape index (κ2) is 5.68. The van der Waals surface area contributed by atoms with E-state index in [1.807, 2.05) is 0 Å². The number of aromatic nitrogens is 1. The van der Waals surface area contributed by atoms with Crippen molar-refractivity contribution in [3.63, 3.8) is 0 Å². The number of nitriles is 1. The predicted molar refractivity (Wildman–Crippen MR) is 75.4 cm³/mol. The molecule has 1 aromatic heterocycles. The Balaban J connectivity index is 2.04. The maximum absolute atomic E-state index is 9.08. The number of hydrogen-bond acceptors (Lipinski definition) is 4. The van der Waals surface area contributed by atoms with Gasteiger partial charge in [0.25, 0.3) is 0 Å². The molecule has 0 atom stereocenters. The third-order valence-electron chi connectivity index (χ3n) is 3.47. The number of pyridine rings is 1. The summed E-state index contributed by atoms with van der Waals surface area (Å²) in [6, 6.07) is 3.96. The van der Waals surface area contributed by atoms with Crippen LogP contribution in [0.25, 0.3) is 0 Å². The lowest BCUT2D eigenvalue weighted by molar-refractivity contribution is 0.247. The van der Waals surface area contributed by atoms with Crippen LogP contribution in [0.4, 0.5) is 5.82 Å². The molecule has 2 heterocycles. The van der Waals surface area contributed by atoms with Crippen molar-refractivity contribution in [3.8, 4) is 6.07 Å². The highest BCUT2D eigenvalue weighted by Crippen LogP contribution is 2.28. The molecule has 5 heteroatoms. The first-order chi connectivity index (χ1) is 8.63. The van der Waals surface area contributed by atoms with Gasteiger partial charge in [-0.1, -0.05) is 6.92 Å². The highest BCUT2D eigenvalue weighted by molar-refractivity contribution is 9.10. The van der Waals surface area contributed by atoms with Gasteiger partial charge in [0.15, 0.2) is 0 Å². The Morgan fingerprint density at radius 1 is 1.56 bits per heavy atom. The SMILES string of the molecule is CC1(CNc2ncc(Br)cc2C#N)CCNCC1. The van der Waals surface area contributed by atoms with Crippen LogP contribution in [0.3, 0.4) is 0 Å². The Morgan fingerprint density at radius 3 is 2.94 bits per heavy atom. The van der Waals surface area contributed by atoms with Gasteiger partial charge in [0.05, 0.1) is 5.56 Å². The van der Waals surface area contributed by atoms with Gasteiger partial charge < -0.3 is 10.6 Å². The molecule has 0 aliphatic carbocycles. The van der Waals surface area contributed by atoms with Crippen molar-refractivity contribution in [2.24, 2.45) is 5.41 Å². The van der Waals surface area contributed by atoms with Crippen LogP contribution in [0.2, 0.25) is 0 Å². The summed E-state index contributed by atoms with van der Waals surface area (Å²) in [5.41, 5.74) is 0.870. The van der Waals surface area contributed by atoms with Gasteiger partial charge in [0.2, 0.25) is 0 Å². The van der Waals surface area contributed by atoms with Gasteiger partial charge in [0.1, 0.15) is 11.9 Å². The number of piperidine rings is 1. The second-order valence-electron chi connectivity index (χ2n) is 5.08. The van der Waals surface area contributed by atoms with Gasteiger partial charge in [-0.05, 0) is 53.3 Å². The topological polar surface area (TPSA) is 60.7 Å². The van der Waals surface area contributed by atoms with Gasteiger partial charge in [-0.3, -0.25) is 0 Å². The van der Waals surface area contributed by atoms with Crippen molar-refractivity contribution in [2.45, 2.75) is 19.8 Å². The van der Waals surface area contributed by atoms with E-state index in [9.17, 15) is 0 Å². The summed E-state index contributed by atoms with van der Waals surface area (Å²) >= 11 is 3.33. The van der Waals surface area contributed by atoms with Crippen molar-refractivity contribution in [3.05, 3.63) is 22.3 Å². The third-order valence-corrected chi connectivity index (χ3v) is 3.90. The van der Waals surface area contributed by atoms with E-state index in [0.717, 1.165) is 36.9 Å². The molecule has 1 aliphatic heterocycles. The molecule has 0 spiro atoms. The van der Waals surface area contributed by atoms with Gasteiger partial charge in [-0.15, -0.1) is 0 Å². The van der Waals surface area contributed by atoms with Gasteiger partial charge >= 0.3 is 0 Å². The van der Waals surface area contributed by atoms with Crippen molar-refractivity contribution >= 4 is 21.7 Å². The smallest absolute Gasteiger partial charge is 0.143 e. The lowest BCUT2D eigenvalue weighted by Crippen LogP contribution is -2.39. The molecule has 4 nitrogen and oxygen atoms in total. The maximum Gasteiger partial charge on any atom is 0.143 e. The molecule has 0 saturated carbocycles. The largest absolute Gasteiger partial charge is 0.368 e. The predicted octanol–water partition coefficient (Wildman–Crippen LogP) is 2.52. The van der Waals surface area contributed by atoms with E-state index >= 15 is 0 Å². The number of nitrogens with one attached hydrogen (secondary N) is 2. The van der Waals surface area contributed by atoms with Gasteiger partial charge in [-0.2, -0.15) is 5.26 Å². The highest BCUT2D eigenvalue weighted by Gasteiger charge is 2.26. The summed E-state index contributed by atoms with van der Waals surface area (Å²) in [6.07, 6.45) is 4.02. The number of hydrogen-bond donors (Lipinski definition) is 2. The van der Waals surface area contributed by atoms with E-state index in [0.29, 0.717) is 11.4 Å². The molecule has 2 N–H and O–H groups in total. The molecule has 1 fully saturated rings. The Bertz CT molecular complexity index is 461. The van der Waals surface area contributed by atoms with E-state index in [2.05, 4.69) is 44.5 Å². The highest BCUT2D eigenvalue weighted by atomic mass is 79.9. The van der Waals surface area contributed by atoms with Crippen molar-refractivity contribution in [2.75, 3.05) is 25.0 Å². The Morgan fingerprint density at radius 2 is 2.28 bits per heavy atom. The quantitative estimate of drug-likeness (QED) is 0.901. The summed E-state index contributed by atoms with van der Waals surface area (Å²) in [4.78, 5) is 4.27. The monoisotopic (exact) mass is 308 g/mol. The van der Waals surface area contributed by atoms with E-state index in [-0.39, 0.29) is 5.41 Å². The Labute approximate surface area is 116 Å². The zero-order valence-electron chi connectivity index (χ0n) is 10.5. The van der Waals surface area contributed by atoms with Crippen molar-refractivity contribution < 1.29 is 0 Å². The fraction of sp³-hybridized carbons (Fsp3) is 0.538. The first-order valence-electron chi connectivity index (χ1n) is 6.13. The zero-order chi connectivity index (χ0) is 13.0. The fourth-order valence-corrected chi connectivity index (χ4v) is 2.50. The van der Waals surface area contributed by atoms with Crippen LogP contribution in [-0.4, -0.2) is 24.6 Å². The summed E-state index contributed by atoms with van der Waals surface area (Å²) in [7, 11) is 0. The summed E-state index contributed by atoms with van der Waals surface area (Å²) in [6.45, 7) is 5.28. The summed E-state index contributed by atoms with van der Waals surface area (Å²) in [5, 5.41) is 15.8. The molecule has 0 unspecified atom stereocenters. The molecule has 1 saturated heterocycles. The molecule has 1 aromatic rings. The van der Waals surface area contributed by atoms with Crippen LogP contribution in [0.5, 0.6) is 0 Å². The average molecular weight is 309 g/mol. The second-order valence-corrected chi connectivity index (χ2v) is 5.99. The normalized spacial score (nSPS) is 18.1. The fourth-order valence-electron chi connectivity index (χ4n) is 2.17. The van der Waals surface area contributed by atoms with E-state index in [1.165, 1.54) is 0 Å². The molecule has 2 rings (SSSR count). The van der Waals surface area contributed by atoms with Crippen molar-refractivity contribution in [1.82, 2.24) is 10.3 Å². The van der Waals surface area contributed by atoms with Crippen LogP contribution in [-0.2, 0) is 0 Å². The molecular weight excluding hydrogens is 292 g/mol. The van der Waals surface area contributed by atoms with Crippen molar-refractivity contribution in [1.29, 1.82) is 5.26 Å². The Kier molecular flexibility index (Phi) is 4.20. The number of anilines is 1.